The summed E-state index contributed by atoms with van der Waals surface area (Å²) < 4.78 is 5.82. The zero-order valence-corrected chi connectivity index (χ0v) is 12.3. The Morgan fingerprint density at radius 3 is 2.63 bits per heavy atom. The van der Waals surface area contributed by atoms with Gasteiger partial charge in [-0.25, -0.2) is 0 Å². The fourth-order valence-corrected chi connectivity index (χ4v) is 2.25. The van der Waals surface area contributed by atoms with E-state index in [1.807, 2.05) is 0 Å². The lowest BCUT2D eigenvalue weighted by molar-refractivity contribution is 0.260. The molecule has 0 aromatic heterocycles. The predicted molar refractivity (Wildman–Crippen MR) is 80.3 cm³/mol. The van der Waals surface area contributed by atoms with Crippen molar-refractivity contribution in [1.29, 1.82) is 0 Å². The molecule has 19 heavy (non-hydrogen) atoms. The Kier molecular flexibility index (Phi) is 5.05. The maximum atomic E-state index is 5.82. The number of aryl methyl sites for hydroxylation is 1. The molecule has 0 unspecified atom stereocenters. The van der Waals surface area contributed by atoms with E-state index in [4.69, 9.17) is 4.74 Å². The Balaban J connectivity index is 1.96. The summed E-state index contributed by atoms with van der Waals surface area (Å²) in [6.07, 6.45) is 0. The van der Waals surface area contributed by atoms with Crippen LogP contribution in [0.5, 0.6) is 5.75 Å². The van der Waals surface area contributed by atoms with Crippen molar-refractivity contribution in [3.05, 3.63) is 23.8 Å². The fourth-order valence-electron chi connectivity index (χ4n) is 2.25. The van der Waals surface area contributed by atoms with Gasteiger partial charge in [0.05, 0.1) is 0 Å². The van der Waals surface area contributed by atoms with Gasteiger partial charge >= 0.3 is 0 Å². The molecule has 106 valence electrons. The van der Waals surface area contributed by atoms with Crippen LogP contribution in [0.4, 0.5) is 5.69 Å². The van der Waals surface area contributed by atoms with Gasteiger partial charge < -0.3 is 19.9 Å². The van der Waals surface area contributed by atoms with Crippen LogP contribution in [0, 0.1) is 6.92 Å². The molecule has 0 spiro atoms. The number of nitrogens with one attached hydrogen (secondary N) is 1. The van der Waals surface area contributed by atoms with E-state index in [1.54, 1.807) is 0 Å². The molecule has 1 aliphatic rings. The number of piperazine rings is 1. The molecule has 1 heterocycles. The third kappa shape index (κ3) is 4.11. The van der Waals surface area contributed by atoms with Gasteiger partial charge in [-0.3, -0.25) is 0 Å². The van der Waals surface area contributed by atoms with Crippen LogP contribution >= 0.6 is 0 Å². The minimum absolute atomic E-state index is 0.737. The van der Waals surface area contributed by atoms with Gasteiger partial charge in [0, 0.05) is 38.4 Å². The summed E-state index contributed by atoms with van der Waals surface area (Å²) in [5, 5.41) is 3.38. The van der Waals surface area contributed by atoms with Crippen molar-refractivity contribution in [3.63, 3.8) is 0 Å². The number of rotatable bonds is 5. The Hall–Kier alpha value is -1.26. The van der Waals surface area contributed by atoms with Gasteiger partial charge in [0.2, 0.25) is 0 Å². The lowest BCUT2D eigenvalue weighted by Crippen LogP contribution is -2.43. The summed E-state index contributed by atoms with van der Waals surface area (Å²) in [6.45, 7) is 8.11. The lowest BCUT2D eigenvalue weighted by Gasteiger charge is -2.30. The highest BCUT2D eigenvalue weighted by molar-refractivity contribution is 5.53. The van der Waals surface area contributed by atoms with E-state index < -0.39 is 0 Å². The maximum Gasteiger partial charge on any atom is 0.122 e. The van der Waals surface area contributed by atoms with Crippen LogP contribution in [0.1, 0.15) is 5.56 Å². The van der Waals surface area contributed by atoms with E-state index in [2.05, 4.69) is 54.3 Å². The first-order chi connectivity index (χ1) is 9.16. The van der Waals surface area contributed by atoms with Gasteiger partial charge in [0.25, 0.3) is 0 Å². The van der Waals surface area contributed by atoms with Crippen molar-refractivity contribution in [2.75, 3.05) is 58.3 Å². The van der Waals surface area contributed by atoms with E-state index >= 15 is 0 Å². The number of likely N-dealkylation sites (N-methyl/N-ethyl adjacent to an activating group) is 1. The summed E-state index contributed by atoms with van der Waals surface area (Å²) in [5.74, 6) is 1.00. The number of anilines is 1. The van der Waals surface area contributed by atoms with Gasteiger partial charge in [-0.05, 0) is 44.8 Å². The van der Waals surface area contributed by atoms with E-state index in [1.165, 1.54) is 11.3 Å². The van der Waals surface area contributed by atoms with Crippen molar-refractivity contribution in [2.24, 2.45) is 0 Å². The molecule has 1 N–H and O–H groups in total. The normalized spacial score (nSPS) is 15.9. The summed E-state index contributed by atoms with van der Waals surface area (Å²) >= 11 is 0. The molecule has 1 saturated heterocycles. The van der Waals surface area contributed by atoms with Crippen molar-refractivity contribution in [2.45, 2.75) is 6.92 Å². The summed E-state index contributed by atoms with van der Waals surface area (Å²) in [5.41, 5.74) is 2.52. The molecule has 2 rings (SSSR count). The molecule has 4 nitrogen and oxygen atoms in total. The van der Waals surface area contributed by atoms with Crippen LogP contribution in [0.3, 0.4) is 0 Å². The number of hydrogen-bond acceptors (Lipinski definition) is 4. The third-order valence-electron chi connectivity index (χ3n) is 3.44. The largest absolute Gasteiger partial charge is 0.492 e. The third-order valence-corrected chi connectivity index (χ3v) is 3.44. The second-order valence-corrected chi connectivity index (χ2v) is 5.34. The Morgan fingerprint density at radius 1 is 1.26 bits per heavy atom. The zero-order chi connectivity index (χ0) is 13.7. The van der Waals surface area contributed by atoms with E-state index in [0.717, 1.165) is 45.1 Å². The van der Waals surface area contributed by atoms with Crippen LogP contribution in [0.2, 0.25) is 0 Å². The molecule has 1 fully saturated rings. The molecule has 4 heteroatoms. The first-order valence-electron chi connectivity index (χ1n) is 7.00. The Morgan fingerprint density at radius 2 is 2.00 bits per heavy atom. The summed E-state index contributed by atoms with van der Waals surface area (Å²) in [7, 11) is 4.12. The van der Waals surface area contributed by atoms with Gasteiger partial charge in [0.1, 0.15) is 12.4 Å². The number of hydrogen-bond donors (Lipinski definition) is 1. The van der Waals surface area contributed by atoms with E-state index in [-0.39, 0.29) is 0 Å². The van der Waals surface area contributed by atoms with E-state index in [0.29, 0.717) is 0 Å². The Bertz CT molecular complexity index is 400. The molecule has 0 saturated carbocycles. The SMILES string of the molecule is Cc1cc(N2CCNCC2)ccc1OCCN(C)C. The average molecular weight is 263 g/mol. The van der Waals surface area contributed by atoms with Gasteiger partial charge in [-0.1, -0.05) is 0 Å². The lowest BCUT2D eigenvalue weighted by atomic mass is 10.1. The second-order valence-electron chi connectivity index (χ2n) is 5.34. The highest BCUT2D eigenvalue weighted by atomic mass is 16.5. The van der Waals surface area contributed by atoms with Crippen LogP contribution in [-0.2, 0) is 0 Å². The standard InChI is InChI=1S/C15H25N3O/c1-13-12-14(18-8-6-16-7-9-18)4-5-15(13)19-11-10-17(2)3/h4-5,12,16H,6-11H2,1-3H3. The minimum atomic E-state index is 0.737. The number of ether oxygens (including phenoxy) is 1. The minimum Gasteiger partial charge on any atom is -0.492 e. The monoisotopic (exact) mass is 263 g/mol. The number of nitrogens with zero attached hydrogens (tertiary/aromatic N) is 2. The molecule has 0 radical (unpaired) electrons. The number of benzene rings is 1. The van der Waals surface area contributed by atoms with Crippen LogP contribution in [-0.4, -0.2) is 58.3 Å². The van der Waals surface area contributed by atoms with Gasteiger partial charge in [0.15, 0.2) is 0 Å². The molecule has 0 atom stereocenters. The molecule has 1 aromatic carbocycles. The van der Waals surface area contributed by atoms with Crippen molar-refractivity contribution < 1.29 is 4.74 Å². The van der Waals surface area contributed by atoms with Crippen LogP contribution in [0.25, 0.3) is 0 Å². The highest BCUT2D eigenvalue weighted by Gasteiger charge is 2.11. The first kappa shape index (κ1) is 14.2. The molecule has 1 aromatic rings. The molecule has 0 aliphatic carbocycles. The summed E-state index contributed by atoms with van der Waals surface area (Å²) in [6, 6.07) is 6.50. The fraction of sp³-hybridized carbons (Fsp3) is 0.600. The first-order valence-corrected chi connectivity index (χ1v) is 7.00. The van der Waals surface area contributed by atoms with Gasteiger partial charge in [-0.2, -0.15) is 0 Å². The van der Waals surface area contributed by atoms with Crippen LogP contribution in [0.15, 0.2) is 18.2 Å². The smallest absolute Gasteiger partial charge is 0.122 e. The summed E-state index contributed by atoms with van der Waals surface area (Å²) in [4.78, 5) is 4.55. The van der Waals surface area contributed by atoms with E-state index in [9.17, 15) is 0 Å². The molecule has 1 aliphatic heterocycles. The molecule has 0 bridgehead atoms. The second kappa shape index (κ2) is 6.78. The predicted octanol–water partition coefficient (Wildman–Crippen LogP) is 1.35. The quantitative estimate of drug-likeness (QED) is 0.868. The molecular weight excluding hydrogens is 238 g/mol. The highest BCUT2D eigenvalue weighted by Crippen LogP contribution is 2.24. The zero-order valence-electron chi connectivity index (χ0n) is 12.3. The van der Waals surface area contributed by atoms with Crippen molar-refractivity contribution >= 4 is 5.69 Å². The van der Waals surface area contributed by atoms with Crippen molar-refractivity contribution in [1.82, 2.24) is 10.2 Å². The van der Waals surface area contributed by atoms with Crippen molar-refractivity contribution in [3.8, 4) is 5.75 Å². The van der Waals surface area contributed by atoms with Crippen LogP contribution < -0.4 is 15.0 Å². The molecule has 0 amide bonds. The maximum absolute atomic E-state index is 5.82. The topological polar surface area (TPSA) is 27.7 Å². The average Bonchev–Trinajstić information content (AvgIpc) is 2.41. The Labute approximate surface area is 116 Å². The molecular formula is C15H25N3O. The van der Waals surface area contributed by atoms with Gasteiger partial charge in [-0.15, -0.1) is 0 Å².